The molecule has 24 heavy (non-hydrogen) atoms. The van der Waals surface area contributed by atoms with Crippen LogP contribution in [0.2, 0.25) is 0 Å². The third kappa shape index (κ3) is 2.65. The zero-order valence-electron chi connectivity index (χ0n) is 12.8. The smallest absolute Gasteiger partial charge is 0.337 e. The predicted octanol–water partition coefficient (Wildman–Crippen LogP) is 2.58. The van der Waals surface area contributed by atoms with E-state index in [-0.39, 0.29) is 34.4 Å². The highest BCUT2D eigenvalue weighted by Crippen LogP contribution is 2.39. The van der Waals surface area contributed by atoms with Gasteiger partial charge in [0.15, 0.2) is 0 Å². The zero-order valence-corrected chi connectivity index (χ0v) is 12.8. The molecule has 2 saturated heterocycles. The van der Waals surface area contributed by atoms with Crippen LogP contribution < -0.4 is 9.80 Å². The van der Waals surface area contributed by atoms with E-state index < -0.39 is 5.97 Å². The Bertz CT molecular complexity index is 733. The number of carboxylic acids is 1. The molecular formula is C15H15N5O4. The molecule has 0 aromatic heterocycles. The lowest BCUT2D eigenvalue weighted by Gasteiger charge is -2.23. The Labute approximate surface area is 137 Å². The molecule has 0 aliphatic carbocycles. The van der Waals surface area contributed by atoms with Crippen LogP contribution in [0.1, 0.15) is 36.0 Å². The molecule has 3 rings (SSSR count). The number of nitrogens with zero attached hydrogens (tertiary/aromatic N) is 5. The second kappa shape index (κ2) is 6.21. The standard InChI is InChI=1S/C15H15N5O4/c16-18-17-10-8-11(19-5-1-3-13(19)21)9(15(23)24)7-12(10)20-6-2-4-14(20)22/h7-8H,1-6H2,(H,23,24). The molecule has 124 valence electrons. The molecular weight excluding hydrogens is 314 g/mol. The van der Waals surface area contributed by atoms with Crippen LogP contribution in [0.15, 0.2) is 17.2 Å². The lowest BCUT2D eigenvalue weighted by Crippen LogP contribution is -2.27. The summed E-state index contributed by atoms with van der Waals surface area (Å²) in [6.45, 7) is 0.852. The first-order valence-corrected chi connectivity index (χ1v) is 7.60. The summed E-state index contributed by atoms with van der Waals surface area (Å²) in [5.74, 6) is -1.52. The molecule has 9 heteroatoms. The Morgan fingerprint density at radius 2 is 1.67 bits per heavy atom. The van der Waals surface area contributed by atoms with Gasteiger partial charge in [0, 0.05) is 30.8 Å². The van der Waals surface area contributed by atoms with Crippen LogP contribution in [0.3, 0.4) is 0 Å². The van der Waals surface area contributed by atoms with Crippen molar-refractivity contribution >= 4 is 34.8 Å². The van der Waals surface area contributed by atoms with Crippen LogP contribution >= 0.6 is 0 Å². The van der Waals surface area contributed by atoms with Gasteiger partial charge >= 0.3 is 5.97 Å². The molecule has 0 atom stereocenters. The maximum absolute atomic E-state index is 12.0. The van der Waals surface area contributed by atoms with Gasteiger partial charge in [-0.05, 0) is 30.5 Å². The van der Waals surface area contributed by atoms with Gasteiger partial charge in [-0.25, -0.2) is 4.79 Å². The Morgan fingerprint density at radius 3 is 2.12 bits per heavy atom. The van der Waals surface area contributed by atoms with E-state index >= 15 is 0 Å². The molecule has 2 heterocycles. The van der Waals surface area contributed by atoms with E-state index in [1.807, 2.05) is 0 Å². The van der Waals surface area contributed by atoms with Gasteiger partial charge in [0.2, 0.25) is 11.8 Å². The molecule has 1 N–H and O–H groups in total. The number of amides is 2. The van der Waals surface area contributed by atoms with Crippen LogP contribution in [0.4, 0.5) is 17.1 Å². The van der Waals surface area contributed by atoms with E-state index in [9.17, 15) is 19.5 Å². The van der Waals surface area contributed by atoms with E-state index in [4.69, 9.17) is 5.53 Å². The van der Waals surface area contributed by atoms with Crippen molar-refractivity contribution in [2.24, 2.45) is 5.11 Å². The quantitative estimate of drug-likeness (QED) is 0.517. The first-order valence-electron chi connectivity index (χ1n) is 7.60. The third-order valence-electron chi connectivity index (χ3n) is 4.20. The number of carbonyl (C=O) groups is 3. The highest BCUT2D eigenvalue weighted by molar-refractivity contribution is 6.07. The van der Waals surface area contributed by atoms with Gasteiger partial charge in [-0.3, -0.25) is 9.59 Å². The highest BCUT2D eigenvalue weighted by atomic mass is 16.4. The maximum Gasteiger partial charge on any atom is 0.337 e. The second-order valence-corrected chi connectivity index (χ2v) is 5.65. The Morgan fingerprint density at radius 1 is 1.08 bits per heavy atom. The van der Waals surface area contributed by atoms with Crippen LogP contribution in [0, 0.1) is 0 Å². The van der Waals surface area contributed by atoms with E-state index in [2.05, 4.69) is 10.0 Å². The fourth-order valence-electron chi connectivity index (χ4n) is 3.11. The highest BCUT2D eigenvalue weighted by Gasteiger charge is 2.30. The number of hydrogen-bond acceptors (Lipinski definition) is 4. The number of hydrogen-bond donors (Lipinski definition) is 1. The van der Waals surface area contributed by atoms with Crippen molar-refractivity contribution in [2.75, 3.05) is 22.9 Å². The largest absolute Gasteiger partial charge is 0.478 e. The minimum Gasteiger partial charge on any atom is -0.478 e. The average molecular weight is 329 g/mol. The van der Waals surface area contributed by atoms with Crippen molar-refractivity contribution in [2.45, 2.75) is 25.7 Å². The minimum atomic E-state index is -1.20. The van der Waals surface area contributed by atoms with Gasteiger partial charge < -0.3 is 14.9 Å². The third-order valence-corrected chi connectivity index (χ3v) is 4.20. The summed E-state index contributed by atoms with van der Waals surface area (Å²) in [4.78, 5) is 41.2. The lowest BCUT2D eigenvalue weighted by atomic mass is 10.1. The van der Waals surface area contributed by atoms with Gasteiger partial charge in [-0.1, -0.05) is 5.11 Å². The van der Waals surface area contributed by atoms with Crippen molar-refractivity contribution in [1.82, 2.24) is 0 Å². The average Bonchev–Trinajstić information content (AvgIpc) is 3.15. The number of aromatic carboxylic acids is 1. The van der Waals surface area contributed by atoms with Crippen molar-refractivity contribution in [1.29, 1.82) is 0 Å². The van der Waals surface area contributed by atoms with Crippen LogP contribution in [0.25, 0.3) is 10.4 Å². The molecule has 2 aliphatic rings. The molecule has 0 spiro atoms. The van der Waals surface area contributed by atoms with Crippen molar-refractivity contribution in [3.05, 3.63) is 28.1 Å². The SMILES string of the molecule is [N-]=[N+]=Nc1cc(N2CCCC2=O)c(C(=O)O)cc1N1CCCC1=O. The summed E-state index contributed by atoms with van der Waals surface area (Å²) in [5.41, 5.74) is 9.32. The van der Waals surface area contributed by atoms with Gasteiger partial charge in [-0.2, -0.15) is 0 Å². The summed E-state index contributed by atoms with van der Waals surface area (Å²) >= 11 is 0. The minimum absolute atomic E-state index is 0.0863. The summed E-state index contributed by atoms with van der Waals surface area (Å²) < 4.78 is 0. The monoisotopic (exact) mass is 329 g/mol. The van der Waals surface area contributed by atoms with Crippen LogP contribution in [0.5, 0.6) is 0 Å². The number of carboxylic acid groups (broad SMARTS) is 1. The fourth-order valence-corrected chi connectivity index (χ4v) is 3.11. The Hall–Kier alpha value is -3.06. The summed E-state index contributed by atoms with van der Waals surface area (Å²) in [5, 5.41) is 13.1. The molecule has 0 bridgehead atoms. The topological polar surface area (TPSA) is 127 Å². The molecule has 0 unspecified atom stereocenters. The van der Waals surface area contributed by atoms with Crippen LogP contribution in [-0.4, -0.2) is 36.0 Å². The van der Waals surface area contributed by atoms with E-state index in [0.717, 1.165) is 0 Å². The second-order valence-electron chi connectivity index (χ2n) is 5.65. The Kier molecular flexibility index (Phi) is 4.09. The molecule has 2 fully saturated rings. The summed E-state index contributed by atoms with van der Waals surface area (Å²) in [6.07, 6.45) is 2.01. The lowest BCUT2D eigenvalue weighted by molar-refractivity contribution is -0.117. The molecule has 0 saturated carbocycles. The number of carbonyl (C=O) groups excluding carboxylic acids is 2. The number of anilines is 2. The van der Waals surface area contributed by atoms with Gasteiger partial charge in [0.05, 0.1) is 22.6 Å². The molecule has 1 aromatic rings. The van der Waals surface area contributed by atoms with E-state index in [1.165, 1.54) is 21.9 Å². The van der Waals surface area contributed by atoms with Gasteiger partial charge in [0.1, 0.15) is 0 Å². The van der Waals surface area contributed by atoms with Crippen molar-refractivity contribution in [3.63, 3.8) is 0 Å². The van der Waals surface area contributed by atoms with Crippen molar-refractivity contribution < 1.29 is 19.5 Å². The predicted molar refractivity (Wildman–Crippen MR) is 85.4 cm³/mol. The molecule has 9 nitrogen and oxygen atoms in total. The molecule has 2 aliphatic heterocycles. The Balaban J connectivity index is 2.18. The molecule has 1 aromatic carbocycles. The van der Waals surface area contributed by atoms with Gasteiger partial charge in [-0.15, -0.1) is 0 Å². The molecule has 2 amide bonds. The maximum atomic E-state index is 12.0. The summed E-state index contributed by atoms with van der Waals surface area (Å²) in [7, 11) is 0. The number of rotatable bonds is 4. The van der Waals surface area contributed by atoms with E-state index in [0.29, 0.717) is 38.8 Å². The number of benzene rings is 1. The van der Waals surface area contributed by atoms with Crippen LogP contribution in [-0.2, 0) is 9.59 Å². The zero-order chi connectivity index (χ0) is 17.3. The van der Waals surface area contributed by atoms with E-state index in [1.54, 1.807) is 0 Å². The summed E-state index contributed by atoms with van der Waals surface area (Å²) in [6, 6.07) is 2.70. The first-order chi connectivity index (χ1) is 11.5. The fraction of sp³-hybridized carbons (Fsp3) is 0.400. The van der Waals surface area contributed by atoms with Crippen molar-refractivity contribution in [3.8, 4) is 0 Å². The molecule has 0 radical (unpaired) electrons. The number of azide groups is 1. The first kappa shape index (κ1) is 15.8. The normalized spacial score (nSPS) is 17.3. The van der Waals surface area contributed by atoms with Gasteiger partial charge in [0.25, 0.3) is 0 Å².